The molecule has 3 saturated carbocycles. The van der Waals surface area contributed by atoms with Gasteiger partial charge in [0.1, 0.15) is 23.5 Å². The number of carbonyl (C=O) groups excluding carboxylic acids is 1. The van der Waals surface area contributed by atoms with Gasteiger partial charge in [0.05, 0.1) is 28.8 Å². The summed E-state index contributed by atoms with van der Waals surface area (Å²) in [4.78, 5) is 45.7. The molecule has 2 atom stereocenters. The average molecular weight is 444 g/mol. The first-order valence-corrected chi connectivity index (χ1v) is 10.2. The second-order valence-corrected chi connectivity index (χ2v) is 8.79. The molecule has 0 saturated heterocycles. The number of hydrogen-bond donors (Lipinski definition) is 2. The van der Waals surface area contributed by atoms with Gasteiger partial charge < -0.3 is 10.3 Å². The second kappa shape index (κ2) is 7.04. The van der Waals surface area contributed by atoms with Crippen molar-refractivity contribution in [1.82, 2.24) is 19.9 Å². The van der Waals surface area contributed by atoms with Crippen LogP contribution in [0.2, 0.25) is 0 Å². The topological polar surface area (TPSA) is 96.9 Å². The molecule has 6 rings (SSSR count). The predicted molar refractivity (Wildman–Crippen MR) is 108 cm³/mol. The Morgan fingerprint density at radius 3 is 2.53 bits per heavy atom. The summed E-state index contributed by atoms with van der Waals surface area (Å²) >= 11 is 0. The Labute approximate surface area is 179 Å². The number of aromatic nitrogens is 3. The largest absolute Gasteiger partial charge is 0.346 e. The summed E-state index contributed by atoms with van der Waals surface area (Å²) in [5.74, 6) is -2.63. The summed E-state index contributed by atoms with van der Waals surface area (Å²) in [6, 6.07) is 2.00. The molecule has 3 aliphatic carbocycles. The molecule has 2 N–H and O–H groups in total. The molecule has 3 aliphatic rings. The highest BCUT2D eigenvalue weighted by Gasteiger charge is 2.63. The maximum absolute atomic E-state index is 14.1. The highest BCUT2D eigenvalue weighted by atomic mass is 19.1. The van der Waals surface area contributed by atoms with Crippen LogP contribution >= 0.6 is 0 Å². The van der Waals surface area contributed by atoms with Crippen LogP contribution in [0.15, 0.2) is 40.1 Å². The molecule has 1 aromatic carbocycles. The van der Waals surface area contributed by atoms with Gasteiger partial charge in [0.15, 0.2) is 0 Å². The third-order valence-electron chi connectivity index (χ3n) is 6.67. The summed E-state index contributed by atoms with van der Waals surface area (Å²) < 4.78 is 41.9. The fourth-order valence-electron chi connectivity index (χ4n) is 5.09. The van der Waals surface area contributed by atoms with E-state index in [1.807, 2.05) is 0 Å². The molecule has 32 heavy (non-hydrogen) atoms. The van der Waals surface area contributed by atoms with Crippen molar-refractivity contribution in [3.05, 3.63) is 74.4 Å². The van der Waals surface area contributed by atoms with E-state index in [0.717, 1.165) is 22.9 Å². The molecule has 7 nitrogen and oxygen atoms in total. The van der Waals surface area contributed by atoms with Crippen LogP contribution in [0.25, 0.3) is 10.9 Å². The summed E-state index contributed by atoms with van der Waals surface area (Å²) in [5, 5.41) is 2.57. The minimum absolute atomic E-state index is 0.0479. The number of fused-ring (bicyclic) bond motifs is 1. The van der Waals surface area contributed by atoms with Crippen LogP contribution in [0.1, 0.15) is 44.0 Å². The van der Waals surface area contributed by atoms with Gasteiger partial charge in [-0.15, -0.1) is 0 Å². The number of carbonyl (C=O) groups is 1. The van der Waals surface area contributed by atoms with Crippen LogP contribution in [0.4, 0.5) is 13.2 Å². The number of pyridine rings is 1. The van der Waals surface area contributed by atoms with Crippen LogP contribution < -0.4 is 16.6 Å². The molecule has 3 aromatic rings. The maximum Gasteiger partial charge on any atom is 0.329 e. The Bertz CT molecular complexity index is 1370. The van der Waals surface area contributed by atoms with Gasteiger partial charge in [-0.1, -0.05) is 0 Å². The molecule has 2 bridgehead atoms. The van der Waals surface area contributed by atoms with Gasteiger partial charge in [-0.2, -0.15) is 0 Å². The standard InChI is InChI=1S/C22H19F3N4O3/c1-10(17-15(25)5-13(24)9-26-17)27-19(30)18(22-6-11(7-22)8-22)29-20(31)14-4-12(23)2-3-16(14)28-21(29)32/h2-5,9-11,18H,6-8H2,1H3,(H,27,30)(H,28,32)/t10-,11?,18+,22?/m1/s1. The SMILES string of the molecule is C[C@@H](NC(=O)[C@H](n1c(=O)[nH]c2ccc(F)cc2c1=O)C12CC(C1)C2)c1ncc(F)cc1F. The molecule has 2 aromatic heterocycles. The summed E-state index contributed by atoms with van der Waals surface area (Å²) in [7, 11) is 0. The highest BCUT2D eigenvalue weighted by molar-refractivity contribution is 5.83. The fraction of sp³-hybridized carbons (Fsp3) is 0.364. The van der Waals surface area contributed by atoms with Crippen molar-refractivity contribution in [2.24, 2.45) is 11.3 Å². The zero-order valence-electron chi connectivity index (χ0n) is 17.0. The van der Waals surface area contributed by atoms with Gasteiger partial charge in [0, 0.05) is 11.5 Å². The van der Waals surface area contributed by atoms with Crippen molar-refractivity contribution in [2.75, 3.05) is 0 Å². The molecule has 0 radical (unpaired) electrons. The Hall–Kier alpha value is -3.43. The smallest absolute Gasteiger partial charge is 0.329 e. The van der Waals surface area contributed by atoms with Crippen molar-refractivity contribution >= 4 is 16.8 Å². The number of nitrogens with zero attached hydrogens (tertiary/aromatic N) is 2. The molecule has 0 unspecified atom stereocenters. The van der Waals surface area contributed by atoms with E-state index >= 15 is 0 Å². The average Bonchev–Trinajstić information content (AvgIpc) is 2.65. The van der Waals surface area contributed by atoms with E-state index in [1.165, 1.54) is 13.0 Å². The highest BCUT2D eigenvalue weighted by Crippen LogP contribution is 2.69. The molecule has 10 heteroatoms. The number of halogens is 3. The number of rotatable bonds is 5. The van der Waals surface area contributed by atoms with Crippen molar-refractivity contribution < 1.29 is 18.0 Å². The van der Waals surface area contributed by atoms with Gasteiger partial charge >= 0.3 is 5.69 Å². The lowest BCUT2D eigenvalue weighted by molar-refractivity contribution is -0.165. The summed E-state index contributed by atoms with van der Waals surface area (Å²) in [6.45, 7) is 1.48. The molecule has 2 heterocycles. The van der Waals surface area contributed by atoms with Gasteiger partial charge in [-0.3, -0.25) is 14.6 Å². The van der Waals surface area contributed by atoms with Crippen molar-refractivity contribution in [3.63, 3.8) is 0 Å². The monoisotopic (exact) mass is 444 g/mol. The number of nitrogens with one attached hydrogen (secondary N) is 2. The first-order chi connectivity index (χ1) is 15.2. The normalized spacial score (nSPS) is 23.2. The minimum atomic E-state index is -1.15. The number of amides is 1. The van der Waals surface area contributed by atoms with Crippen molar-refractivity contribution in [2.45, 2.75) is 38.3 Å². The third kappa shape index (κ3) is 3.04. The molecule has 166 valence electrons. The zero-order valence-corrected chi connectivity index (χ0v) is 17.0. The van der Waals surface area contributed by atoms with E-state index < -0.39 is 52.1 Å². The van der Waals surface area contributed by atoms with E-state index in [1.54, 1.807) is 0 Å². The molecular formula is C22H19F3N4O3. The molecule has 1 amide bonds. The van der Waals surface area contributed by atoms with E-state index in [4.69, 9.17) is 0 Å². The van der Waals surface area contributed by atoms with Crippen LogP contribution in [0.3, 0.4) is 0 Å². The summed E-state index contributed by atoms with van der Waals surface area (Å²) in [5.41, 5.74) is -2.12. The Morgan fingerprint density at radius 1 is 1.19 bits per heavy atom. The first kappa shape index (κ1) is 20.5. The number of H-pyrrole nitrogens is 1. The quantitative estimate of drug-likeness (QED) is 0.633. The van der Waals surface area contributed by atoms with E-state index in [-0.39, 0.29) is 16.6 Å². The van der Waals surface area contributed by atoms with Crippen LogP contribution in [0, 0.1) is 28.8 Å². The lowest BCUT2D eigenvalue weighted by Gasteiger charge is -2.64. The Balaban J connectivity index is 1.57. The predicted octanol–water partition coefficient (Wildman–Crippen LogP) is 2.72. The lowest BCUT2D eigenvalue weighted by atomic mass is 9.41. The Morgan fingerprint density at radius 2 is 1.91 bits per heavy atom. The molecule has 0 spiro atoms. The van der Waals surface area contributed by atoms with E-state index in [2.05, 4.69) is 15.3 Å². The van der Waals surface area contributed by atoms with Crippen LogP contribution in [-0.2, 0) is 4.79 Å². The Kier molecular flexibility index (Phi) is 4.51. The van der Waals surface area contributed by atoms with E-state index in [0.29, 0.717) is 31.2 Å². The van der Waals surface area contributed by atoms with Gasteiger partial charge in [0.25, 0.3) is 5.56 Å². The zero-order chi connectivity index (χ0) is 22.8. The second-order valence-electron chi connectivity index (χ2n) is 8.79. The number of hydrogen-bond acceptors (Lipinski definition) is 4. The number of aromatic amines is 1. The maximum atomic E-state index is 14.1. The van der Waals surface area contributed by atoms with Gasteiger partial charge in [-0.25, -0.2) is 22.5 Å². The van der Waals surface area contributed by atoms with Gasteiger partial charge in [0.2, 0.25) is 5.91 Å². The summed E-state index contributed by atoms with van der Waals surface area (Å²) in [6.07, 6.45) is 2.87. The van der Waals surface area contributed by atoms with Crippen molar-refractivity contribution in [1.29, 1.82) is 0 Å². The molecule has 0 aliphatic heterocycles. The van der Waals surface area contributed by atoms with E-state index in [9.17, 15) is 27.6 Å². The van der Waals surface area contributed by atoms with Gasteiger partial charge in [-0.05, 0) is 50.3 Å². The minimum Gasteiger partial charge on any atom is -0.346 e. The fourth-order valence-corrected chi connectivity index (χ4v) is 5.09. The van der Waals surface area contributed by atoms with Crippen LogP contribution in [-0.4, -0.2) is 20.4 Å². The molecule has 3 fully saturated rings. The number of benzene rings is 1. The first-order valence-electron chi connectivity index (χ1n) is 10.2. The third-order valence-corrected chi connectivity index (χ3v) is 6.67. The molecular weight excluding hydrogens is 425 g/mol. The lowest BCUT2D eigenvalue weighted by Crippen LogP contribution is -2.63. The van der Waals surface area contributed by atoms with Crippen LogP contribution in [0.5, 0.6) is 0 Å². The van der Waals surface area contributed by atoms with Crippen molar-refractivity contribution in [3.8, 4) is 0 Å².